The van der Waals surface area contributed by atoms with Crippen molar-refractivity contribution in [1.82, 2.24) is 15.1 Å². The van der Waals surface area contributed by atoms with E-state index in [1.807, 2.05) is 9.80 Å². The Balaban J connectivity index is 0.00000392. The molecule has 1 heterocycles. The highest BCUT2D eigenvalue weighted by Gasteiger charge is 2.31. The number of nitrogens with zero attached hydrogens (tertiary/aromatic N) is 4. The number of carbonyl (C=O) groups is 1. The molecule has 0 spiro atoms. The Kier molecular flexibility index (Phi) is 9.31. The molecule has 0 unspecified atom stereocenters. The smallest absolute Gasteiger partial charge is 0.368 e. The number of halogens is 4. The molecule has 0 aliphatic carbocycles. The number of amides is 1. The molecule has 2 rings (SSSR count). The maximum atomic E-state index is 12.9. The van der Waals surface area contributed by atoms with Crippen LogP contribution in [0, 0.1) is 0 Å². The number of piperazine rings is 1. The summed E-state index contributed by atoms with van der Waals surface area (Å²) in [6, 6.07) is 5.41. The zero-order valence-electron chi connectivity index (χ0n) is 16.3. The van der Waals surface area contributed by atoms with Gasteiger partial charge in [0.25, 0.3) is 0 Å². The molecule has 1 N–H and O–H groups in total. The molecular formula is C18H27F3IN5O. The molecule has 1 amide bonds. The van der Waals surface area contributed by atoms with Gasteiger partial charge in [0.05, 0.1) is 5.56 Å². The van der Waals surface area contributed by atoms with E-state index >= 15 is 0 Å². The second kappa shape index (κ2) is 10.7. The van der Waals surface area contributed by atoms with Gasteiger partial charge in [0.1, 0.15) is 0 Å². The fraction of sp³-hybridized carbons (Fsp3) is 0.556. The van der Waals surface area contributed by atoms with E-state index < -0.39 is 11.7 Å². The van der Waals surface area contributed by atoms with E-state index in [1.165, 1.54) is 17.0 Å². The largest absolute Gasteiger partial charge is 0.416 e. The number of hydrogen-bond acceptors (Lipinski definition) is 3. The molecule has 1 aliphatic rings. The van der Waals surface area contributed by atoms with Gasteiger partial charge in [-0.25, -0.2) is 0 Å². The first kappa shape index (κ1) is 24.3. The van der Waals surface area contributed by atoms with Crippen molar-refractivity contribution in [2.45, 2.75) is 12.6 Å². The summed E-state index contributed by atoms with van der Waals surface area (Å²) in [5.74, 6) is 0.734. The lowest BCUT2D eigenvalue weighted by atomic mass is 10.1. The maximum absolute atomic E-state index is 12.9. The van der Waals surface area contributed by atoms with Crippen molar-refractivity contribution in [2.24, 2.45) is 4.99 Å². The highest BCUT2D eigenvalue weighted by molar-refractivity contribution is 14.0. The summed E-state index contributed by atoms with van der Waals surface area (Å²) >= 11 is 0. The topological polar surface area (TPSA) is 51.2 Å². The van der Waals surface area contributed by atoms with Crippen molar-refractivity contribution in [1.29, 1.82) is 0 Å². The van der Waals surface area contributed by atoms with Gasteiger partial charge in [-0.3, -0.25) is 9.79 Å². The summed E-state index contributed by atoms with van der Waals surface area (Å²) in [5, 5.41) is 3.17. The predicted octanol–water partition coefficient (Wildman–Crippen LogP) is 2.50. The molecule has 1 aromatic rings. The van der Waals surface area contributed by atoms with Gasteiger partial charge in [-0.15, -0.1) is 24.0 Å². The van der Waals surface area contributed by atoms with Crippen LogP contribution in [-0.2, 0) is 11.0 Å². The first-order chi connectivity index (χ1) is 12.7. The van der Waals surface area contributed by atoms with Crippen LogP contribution in [0.25, 0.3) is 0 Å². The molecule has 0 saturated carbocycles. The molecule has 10 heteroatoms. The number of aliphatic imine (C=N–C) groups is 1. The first-order valence-electron chi connectivity index (χ1n) is 8.80. The lowest BCUT2D eigenvalue weighted by molar-refractivity contribution is -0.137. The molecule has 0 radical (unpaired) electrons. The summed E-state index contributed by atoms with van der Waals surface area (Å²) in [6.45, 7) is 2.95. The van der Waals surface area contributed by atoms with Crippen LogP contribution < -0.4 is 10.2 Å². The van der Waals surface area contributed by atoms with E-state index in [0.29, 0.717) is 50.8 Å². The third-order valence-corrected chi connectivity index (χ3v) is 4.45. The molecule has 1 aliphatic heterocycles. The Bertz CT molecular complexity index is 673. The van der Waals surface area contributed by atoms with Crippen molar-refractivity contribution >= 4 is 41.5 Å². The molecular weight excluding hydrogens is 486 g/mol. The summed E-state index contributed by atoms with van der Waals surface area (Å²) in [5.41, 5.74) is -0.0607. The number of nitrogens with one attached hydrogen (secondary N) is 1. The van der Waals surface area contributed by atoms with Crippen LogP contribution in [0.2, 0.25) is 0 Å². The number of anilines is 1. The Labute approximate surface area is 180 Å². The van der Waals surface area contributed by atoms with Gasteiger partial charge in [0.2, 0.25) is 5.91 Å². The fourth-order valence-electron chi connectivity index (χ4n) is 2.89. The zero-order valence-corrected chi connectivity index (χ0v) is 18.6. The molecule has 0 atom stereocenters. The zero-order chi connectivity index (χ0) is 20.0. The van der Waals surface area contributed by atoms with Gasteiger partial charge < -0.3 is 20.0 Å². The van der Waals surface area contributed by atoms with Gasteiger partial charge in [-0.2, -0.15) is 13.2 Å². The van der Waals surface area contributed by atoms with Gasteiger partial charge in [0, 0.05) is 66.0 Å². The van der Waals surface area contributed by atoms with Gasteiger partial charge in [-0.05, 0) is 18.2 Å². The SMILES string of the molecule is CN=C(NCCC(=O)N(C)C)N1CCN(c2cccc(C(F)(F)F)c2)CC1.I. The predicted molar refractivity (Wildman–Crippen MR) is 115 cm³/mol. The lowest BCUT2D eigenvalue weighted by Gasteiger charge is -2.37. The van der Waals surface area contributed by atoms with E-state index in [1.54, 1.807) is 27.2 Å². The summed E-state index contributed by atoms with van der Waals surface area (Å²) in [4.78, 5) is 21.4. The van der Waals surface area contributed by atoms with E-state index in [2.05, 4.69) is 10.3 Å². The molecule has 28 heavy (non-hydrogen) atoms. The minimum Gasteiger partial charge on any atom is -0.368 e. The number of hydrogen-bond donors (Lipinski definition) is 1. The minimum absolute atomic E-state index is 0. The van der Waals surface area contributed by atoms with Gasteiger partial charge in [-0.1, -0.05) is 6.07 Å². The van der Waals surface area contributed by atoms with Crippen molar-refractivity contribution in [2.75, 3.05) is 58.8 Å². The number of alkyl halides is 3. The molecule has 6 nitrogen and oxygen atoms in total. The average molecular weight is 513 g/mol. The lowest BCUT2D eigenvalue weighted by Crippen LogP contribution is -2.52. The van der Waals surface area contributed by atoms with Crippen LogP contribution in [0.5, 0.6) is 0 Å². The second-order valence-corrected chi connectivity index (χ2v) is 6.53. The second-order valence-electron chi connectivity index (χ2n) is 6.53. The third-order valence-electron chi connectivity index (χ3n) is 4.45. The number of rotatable bonds is 4. The summed E-state index contributed by atoms with van der Waals surface area (Å²) in [7, 11) is 5.10. The highest BCUT2D eigenvalue weighted by atomic mass is 127. The summed E-state index contributed by atoms with van der Waals surface area (Å²) < 4.78 is 38.7. The molecule has 1 saturated heterocycles. The van der Waals surface area contributed by atoms with E-state index in [4.69, 9.17) is 0 Å². The highest BCUT2D eigenvalue weighted by Crippen LogP contribution is 2.31. The molecule has 1 aromatic carbocycles. The van der Waals surface area contributed by atoms with Crippen LogP contribution in [0.4, 0.5) is 18.9 Å². The van der Waals surface area contributed by atoms with Crippen molar-refractivity contribution < 1.29 is 18.0 Å². The van der Waals surface area contributed by atoms with Crippen molar-refractivity contribution in [3.05, 3.63) is 29.8 Å². The maximum Gasteiger partial charge on any atom is 0.416 e. The van der Waals surface area contributed by atoms with Crippen LogP contribution in [0.15, 0.2) is 29.3 Å². The van der Waals surface area contributed by atoms with Crippen LogP contribution in [0.1, 0.15) is 12.0 Å². The van der Waals surface area contributed by atoms with E-state index in [0.717, 1.165) is 6.07 Å². The number of benzene rings is 1. The Morgan fingerprint density at radius 2 is 1.86 bits per heavy atom. The molecule has 0 bridgehead atoms. The van der Waals surface area contributed by atoms with Crippen molar-refractivity contribution in [3.63, 3.8) is 0 Å². The van der Waals surface area contributed by atoms with Crippen LogP contribution in [-0.4, -0.2) is 75.5 Å². The normalized spacial score (nSPS) is 15.1. The summed E-state index contributed by atoms with van der Waals surface area (Å²) in [6.07, 6.45) is -3.97. The third kappa shape index (κ3) is 6.71. The Hall–Kier alpha value is -1.72. The van der Waals surface area contributed by atoms with Crippen LogP contribution >= 0.6 is 24.0 Å². The Morgan fingerprint density at radius 3 is 2.39 bits per heavy atom. The van der Waals surface area contributed by atoms with E-state index in [-0.39, 0.29) is 29.9 Å². The molecule has 158 valence electrons. The monoisotopic (exact) mass is 513 g/mol. The number of guanidine groups is 1. The fourth-order valence-corrected chi connectivity index (χ4v) is 2.89. The molecule has 1 fully saturated rings. The average Bonchev–Trinajstić information content (AvgIpc) is 2.64. The minimum atomic E-state index is -4.34. The van der Waals surface area contributed by atoms with E-state index in [9.17, 15) is 18.0 Å². The Morgan fingerprint density at radius 1 is 1.21 bits per heavy atom. The quantitative estimate of drug-likeness (QED) is 0.382. The molecule has 0 aromatic heterocycles. The van der Waals surface area contributed by atoms with Gasteiger partial charge >= 0.3 is 6.18 Å². The standard InChI is InChI=1S/C18H26F3N5O.HI/c1-22-17(23-8-7-16(27)24(2)3)26-11-9-25(10-12-26)15-6-4-5-14(13-15)18(19,20)21;/h4-6,13H,7-12H2,1-3H3,(H,22,23);1H. The van der Waals surface area contributed by atoms with Gasteiger partial charge in [0.15, 0.2) is 5.96 Å². The van der Waals surface area contributed by atoms with Crippen LogP contribution in [0.3, 0.4) is 0 Å². The van der Waals surface area contributed by atoms with Crippen molar-refractivity contribution in [3.8, 4) is 0 Å². The first-order valence-corrected chi connectivity index (χ1v) is 8.80. The number of carbonyl (C=O) groups excluding carboxylic acids is 1.